The monoisotopic (exact) mass is 519 g/mol. The molecule has 0 aliphatic rings. The van der Waals surface area contributed by atoms with Gasteiger partial charge in [-0.05, 0) is 42.2 Å². The summed E-state index contributed by atoms with van der Waals surface area (Å²) in [6, 6.07) is 13.6. The quantitative estimate of drug-likeness (QED) is 0.267. The number of rotatable bonds is 9. The molecule has 2 aromatic carbocycles. The second kappa shape index (κ2) is 11.6. The molecule has 0 saturated heterocycles. The number of para-hydroxylation sites is 1. The molecule has 3 N–H and O–H groups in total. The zero-order valence-electron chi connectivity index (χ0n) is 20.1. The lowest BCUT2D eigenvalue weighted by Gasteiger charge is -2.28. The van der Waals surface area contributed by atoms with Crippen LogP contribution in [0.25, 0.3) is 0 Å². The van der Waals surface area contributed by atoms with Gasteiger partial charge in [0, 0.05) is 23.3 Å². The van der Waals surface area contributed by atoms with Crippen molar-refractivity contribution in [1.29, 1.82) is 0 Å². The standard InChI is InChI=1S/C26H29ClF3N5.CH4/c1-6-18-11-12-19(25(4,5)15-32-17(3)26(28,29)30)13-22(18)34-24-31-14-20(27)23(35-24)33-21-10-8-7-9-16(21)2;/h7-14,32H,3,6,15H2,1-2,4-5H3,(H2,31,33,34,35);1H4. The molecule has 0 aliphatic heterocycles. The van der Waals surface area contributed by atoms with E-state index in [0.717, 1.165) is 34.5 Å². The van der Waals surface area contributed by atoms with Crippen LogP contribution in [0.1, 0.15) is 44.9 Å². The Morgan fingerprint density at radius 1 is 1.06 bits per heavy atom. The van der Waals surface area contributed by atoms with Gasteiger partial charge in [0.1, 0.15) is 10.7 Å². The number of hydrogen-bond acceptors (Lipinski definition) is 5. The fraction of sp³-hybridized carbons (Fsp3) is 0.333. The van der Waals surface area contributed by atoms with E-state index in [0.29, 0.717) is 16.8 Å². The summed E-state index contributed by atoms with van der Waals surface area (Å²) in [6.07, 6.45) is -2.22. The summed E-state index contributed by atoms with van der Waals surface area (Å²) < 4.78 is 38.6. The summed E-state index contributed by atoms with van der Waals surface area (Å²) >= 11 is 6.33. The minimum absolute atomic E-state index is 0. The normalized spacial score (nSPS) is 11.4. The summed E-state index contributed by atoms with van der Waals surface area (Å²) in [4.78, 5) is 8.85. The predicted molar refractivity (Wildman–Crippen MR) is 144 cm³/mol. The molecule has 0 bridgehead atoms. The Labute approximate surface area is 216 Å². The Morgan fingerprint density at radius 2 is 1.75 bits per heavy atom. The van der Waals surface area contributed by atoms with Crippen molar-refractivity contribution in [1.82, 2.24) is 15.3 Å². The number of hydrogen-bond donors (Lipinski definition) is 3. The van der Waals surface area contributed by atoms with E-state index in [-0.39, 0.29) is 14.0 Å². The molecule has 5 nitrogen and oxygen atoms in total. The first-order valence-electron chi connectivity index (χ1n) is 11.2. The van der Waals surface area contributed by atoms with Crippen molar-refractivity contribution in [3.63, 3.8) is 0 Å². The molecular formula is C27H33ClF3N5. The number of anilines is 4. The Morgan fingerprint density at radius 3 is 2.39 bits per heavy atom. The summed E-state index contributed by atoms with van der Waals surface area (Å²) in [7, 11) is 0. The fourth-order valence-electron chi connectivity index (χ4n) is 3.43. The van der Waals surface area contributed by atoms with Crippen molar-refractivity contribution in [2.45, 2.75) is 53.1 Å². The Bertz CT molecular complexity index is 1210. The Kier molecular flexibility index (Phi) is 9.38. The molecular weight excluding hydrogens is 487 g/mol. The van der Waals surface area contributed by atoms with E-state index in [2.05, 4.69) is 32.5 Å². The summed E-state index contributed by atoms with van der Waals surface area (Å²) in [6.45, 7) is 10.9. The van der Waals surface area contributed by atoms with E-state index < -0.39 is 17.3 Å². The van der Waals surface area contributed by atoms with Crippen molar-refractivity contribution >= 4 is 34.7 Å². The van der Waals surface area contributed by atoms with Gasteiger partial charge in [-0.2, -0.15) is 18.2 Å². The molecule has 36 heavy (non-hydrogen) atoms. The molecule has 0 saturated carbocycles. The maximum atomic E-state index is 12.9. The van der Waals surface area contributed by atoms with Gasteiger partial charge in [-0.3, -0.25) is 0 Å². The van der Waals surface area contributed by atoms with Gasteiger partial charge in [-0.15, -0.1) is 0 Å². The van der Waals surface area contributed by atoms with Crippen LogP contribution in [-0.4, -0.2) is 22.7 Å². The van der Waals surface area contributed by atoms with Gasteiger partial charge in [0.2, 0.25) is 5.95 Å². The first kappa shape index (κ1) is 29.0. The third kappa shape index (κ3) is 7.13. The number of benzene rings is 2. The number of aryl methyl sites for hydroxylation is 2. The first-order chi connectivity index (χ1) is 16.4. The van der Waals surface area contributed by atoms with Gasteiger partial charge < -0.3 is 16.0 Å². The summed E-state index contributed by atoms with van der Waals surface area (Å²) in [5.41, 5.74) is 3.01. The highest BCUT2D eigenvalue weighted by molar-refractivity contribution is 6.32. The van der Waals surface area contributed by atoms with Crippen LogP contribution in [0, 0.1) is 6.92 Å². The first-order valence-corrected chi connectivity index (χ1v) is 11.5. The van der Waals surface area contributed by atoms with E-state index in [1.165, 1.54) is 6.20 Å². The second-order valence-corrected chi connectivity index (χ2v) is 9.30. The van der Waals surface area contributed by atoms with Crippen molar-refractivity contribution in [3.05, 3.63) is 82.7 Å². The van der Waals surface area contributed by atoms with E-state index in [1.54, 1.807) is 0 Å². The average Bonchev–Trinajstić information content (AvgIpc) is 2.80. The van der Waals surface area contributed by atoms with Crippen molar-refractivity contribution in [2.24, 2.45) is 0 Å². The number of nitrogens with zero attached hydrogens (tertiary/aromatic N) is 2. The molecule has 9 heteroatoms. The van der Waals surface area contributed by atoms with E-state index in [1.807, 2.05) is 70.2 Å². The molecule has 3 rings (SSSR count). The van der Waals surface area contributed by atoms with Gasteiger partial charge >= 0.3 is 6.18 Å². The molecule has 0 radical (unpaired) electrons. The lowest BCUT2D eigenvalue weighted by Crippen LogP contribution is -2.36. The number of allylic oxidation sites excluding steroid dienone is 1. The molecule has 0 spiro atoms. The van der Waals surface area contributed by atoms with Gasteiger partial charge in [0.25, 0.3) is 0 Å². The van der Waals surface area contributed by atoms with Gasteiger partial charge in [-0.1, -0.05) is 76.7 Å². The summed E-state index contributed by atoms with van der Waals surface area (Å²) in [5.74, 6) is 0.807. The smallest absolute Gasteiger partial charge is 0.381 e. The van der Waals surface area contributed by atoms with Crippen LogP contribution in [0.2, 0.25) is 5.02 Å². The van der Waals surface area contributed by atoms with Crippen LogP contribution in [0.4, 0.5) is 36.3 Å². The fourth-order valence-corrected chi connectivity index (χ4v) is 3.57. The molecule has 0 amide bonds. The van der Waals surface area contributed by atoms with Crippen LogP contribution in [0.15, 0.2) is 60.9 Å². The number of aromatic nitrogens is 2. The molecule has 1 aromatic heterocycles. The van der Waals surface area contributed by atoms with Crippen molar-refractivity contribution < 1.29 is 13.2 Å². The maximum Gasteiger partial charge on any atom is 0.430 e. The highest BCUT2D eigenvalue weighted by Crippen LogP contribution is 2.31. The van der Waals surface area contributed by atoms with Gasteiger partial charge in [0.15, 0.2) is 5.82 Å². The molecule has 1 heterocycles. The van der Waals surface area contributed by atoms with E-state index >= 15 is 0 Å². The van der Waals surface area contributed by atoms with Crippen LogP contribution in [-0.2, 0) is 11.8 Å². The topological polar surface area (TPSA) is 61.9 Å². The van der Waals surface area contributed by atoms with Crippen LogP contribution >= 0.6 is 11.6 Å². The maximum absolute atomic E-state index is 12.9. The molecule has 0 unspecified atom stereocenters. The highest BCUT2D eigenvalue weighted by Gasteiger charge is 2.33. The lowest BCUT2D eigenvalue weighted by atomic mass is 9.83. The van der Waals surface area contributed by atoms with E-state index in [4.69, 9.17) is 11.6 Å². The highest BCUT2D eigenvalue weighted by atomic mass is 35.5. The zero-order chi connectivity index (χ0) is 25.8. The molecule has 194 valence electrons. The number of alkyl halides is 3. The minimum Gasteiger partial charge on any atom is -0.381 e. The zero-order valence-corrected chi connectivity index (χ0v) is 20.9. The Balaban J connectivity index is 0.00000456. The molecule has 0 aliphatic carbocycles. The van der Waals surface area contributed by atoms with Gasteiger partial charge in [0.05, 0.1) is 6.20 Å². The third-order valence-corrected chi connectivity index (χ3v) is 6.02. The van der Waals surface area contributed by atoms with Crippen LogP contribution in [0.3, 0.4) is 0 Å². The summed E-state index contributed by atoms with van der Waals surface area (Å²) in [5, 5.41) is 9.28. The largest absolute Gasteiger partial charge is 0.430 e. The Hall–Kier alpha value is -3.26. The second-order valence-electron chi connectivity index (χ2n) is 8.89. The molecule has 0 atom stereocenters. The lowest BCUT2D eigenvalue weighted by molar-refractivity contribution is -0.0965. The van der Waals surface area contributed by atoms with Crippen LogP contribution in [0.5, 0.6) is 0 Å². The predicted octanol–water partition coefficient (Wildman–Crippen LogP) is 8.07. The number of halogens is 4. The van der Waals surface area contributed by atoms with Crippen molar-refractivity contribution in [2.75, 3.05) is 17.2 Å². The SMILES string of the molecule is C.C=C(NCC(C)(C)c1ccc(CC)c(Nc2ncc(Cl)c(Nc3ccccc3C)n2)c1)C(F)(F)F. The molecule has 0 fully saturated rings. The minimum atomic E-state index is -4.48. The third-order valence-electron chi connectivity index (χ3n) is 5.75. The van der Waals surface area contributed by atoms with Crippen molar-refractivity contribution in [3.8, 4) is 0 Å². The van der Waals surface area contributed by atoms with Gasteiger partial charge in [-0.25, -0.2) is 4.98 Å². The van der Waals surface area contributed by atoms with Crippen LogP contribution < -0.4 is 16.0 Å². The number of nitrogens with one attached hydrogen (secondary N) is 3. The average molecular weight is 520 g/mol. The van der Waals surface area contributed by atoms with E-state index in [9.17, 15) is 13.2 Å². The molecule has 3 aromatic rings.